The van der Waals surface area contributed by atoms with Gasteiger partial charge in [0.1, 0.15) is 12.6 Å². The van der Waals surface area contributed by atoms with E-state index in [1.165, 1.54) is 109 Å². The minimum atomic E-state index is -1.13. The van der Waals surface area contributed by atoms with Gasteiger partial charge in [-0.2, -0.15) is 0 Å². The number of likely N-dealkylation sites (N-methyl/N-ethyl adjacent to an activating group) is 1. The zero-order chi connectivity index (χ0) is 40.7. The Morgan fingerprint density at radius 3 is 1.45 bits per heavy atom. The van der Waals surface area contributed by atoms with E-state index in [4.69, 9.17) is 14.2 Å². The Balaban J connectivity index is 4.30. The number of carbonyl (C=O) groups is 3. The second-order valence-corrected chi connectivity index (χ2v) is 16.6. The lowest BCUT2D eigenvalue weighted by molar-refractivity contribution is -0.889. The molecule has 0 spiro atoms. The highest BCUT2D eigenvalue weighted by Crippen LogP contribution is 2.15. The first kappa shape index (κ1) is 52.8. The van der Waals surface area contributed by atoms with E-state index in [-0.39, 0.29) is 42.7 Å². The van der Waals surface area contributed by atoms with Crippen LogP contribution < -0.4 is 5.11 Å². The number of allylic oxidation sites excluding steroid dienone is 4. The van der Waals surface area contributed by atoms with Gasteiger partial charge in [-0.05, 0) is 38.5 Å². The lowest BCUT2D eigenvalue weighted by atomic mass is 10.0. The van der Waals surface area contributed by atoms with Crippen LogP contribution in [0.2, 0.25) is 0 Å². The van der Waals surface area contributed by atoms with E-state index in [2.05, 4.69) is 38.2 Å². The maximum absolute atomic E-state index is 12.7. The fraction of sp³-hybridized carbons (Fsp3) is 0.851. The Morgan fingerprint density at radius 1 is 0.545 bits per heavy atom. The van der Waals surface area contributed by atoms with Crippen LogP contribution in [0.25, 0.3) is 0 Å². The summed E-state index contributed by atoms with van der Waals surface area (Å²) in [5.41, 5.74) is 0. The number of hydrogen-bond acceptors (Lipinski definition) is 7. The molecule has 0 radical (unpaired) electrons. The third-order valence-corrected chi connectivity index (χ3v) is 10.3. The maximum Gasteiger partial charge on any atom is 0.306 e. The minimum Gasteiger partial charge on any atom is -0.544 e. The van der Waals surface area contributed by atoms with Gasteiger partial charge < -0.3 is 28.6 Å². The van der Waals surface area contributed by atoms with Crippen molar-refractivity contribution in [1.29, 1.82) is 0 Å². The first-order valence-electron chi connectivity index (χ1n) is 22.9. The zero-order valence-corrected chi connectivity index (χ0v) is 36.6. The first-order valence-corrected chi connectivity index (χ1v) is 22.9. The highest BCUT2D eigenvalue weighted by molar-refractivity contribution is 5.70. The molecule has 0 saturated carbocycles. The highest BCUT2D eigenvalue weighted by Gasteiger charge is 2.25. The first-order chi connectivity index (χ1) is 26.6. The second-order valence-electron chi connectivity index (χ2n) is 16.6. The van der Waals surface area contributed by atoms with E-state index >= 15 is 0 Å². The smallest absolute Gasteiger partial charge is 0.306 e. The molecular weight excluding hydrogens is 691 g/mol. The molecule has 0 heterocycles. The summed E-state index contributed by atoms with van der Waals surface area (Å²) >= 11 is 0. The molecule has 0 aromatic carbocycles. The number of carboxylic acids is 1. The highest BCUT2D eigenvalue weighted by atomic mass is 16.6. The van der Waals surface area contributed by atoms with Crippen LogP contribution in [0.5, 0.6) is 0 Å². The molecule has 0 aromatic rings. The van der Waals surface area contributed by atoms with E-state index in [1.807, 2.05) is 0 Å². The van der Waals surface area contributed by atoms with Gasteiger partial charge >= 0.3 is 11.9 Å². The van der Waals surface area contributed by atoms with E-state index in [1.54, 1.807) is 21.1 Å². The molecule has 0 aromatic heterocycles. The summed E-state index contributed by atoms with van der Waals surface area (Å²) < 4.78 is 17.2. The predicted molar refractivity (Wildman–Crippen MR) is 227 cm³/mol. The van der Waals surface area contributed by atoms with E-state index in [0.717, 1.165) is 64.2 Å². The molecule has 55 heavy (non-hydrogen) atoms. The van der Waals surface area contributed by atoms with Crippen LogP contribution in [0, 0.1) is 0 Å². The molecule has 2 unspecified atom stereocenters. The number of hydrogen-bond donors (Lipinski definition) is 0. The van der Waals surface area contributed by atoms with Crippen LogP contribution in [0.1, 0.15) is 206 Å². The number of rotatable bonds is 41. The summed E-state index contributed by atoms with van der Waals surface area (Å²) in [6.07, 6.45) is 42.0. The summed E-state index contributed by atoms with van der Waals surface area (Å²) in [7, 11) is 5.41. The molecule has 8 heteroatoms. The van der Waals surface area contributed by atoms with Crippen LogP contribution >= 0.6 is 0 Å². The molecule has 322 valence electrons. The Labute approximate surface area is 339 Å². The van der Waals surface area contributed by atoms with Crippen molar-refractivity contribution >= 4 is 17.9 Å². The van der Waals surface area contributed by atoms with Gasteiger partial charge in [-0.3, -0.25) is 9.59 Å². The van der Waals surface area contributed by atoms with Crippen molar-refractivity contribution in [2.75, 3.05) is 41.0 Å². The van der Waals surface area contributed by atoms with Crippen LogP contribution in [-0.2, 0) is 28.6 Å². The number of ether oxygens (including phenoxy) is 3. The molecule has 0 rings (SSSR count). The Bertz CT molecular complexity index is 957. The summed E-state index contributed by atoms with van der Waals surface area (Å²) in [6, 6.07) is -0.725. The fourth-order valence-corrected chi connectivity index (χ4v) is 6.73. The lowest BCUT2D eigenvalue weighted by Crippen LogP contribution is -2.55. The van der Waals surface area contributed by atoms with E-state index in [9.17, 15) is 19.5 Å². The van der Waals surface area contributed by atoms with Crippen molar-refractivity contribution < 1.29 is 38.2 Å². The normalized spacial score (nSPS) is 13.1. The van der Waals surface area contributed by atoms with Crippen molar-refractivity contribution in [2.45, 2.75) is 219 Å². The van der Waals surface area contributed by atoms with Gasteiger partial charge in [-0.25, -0.2) is 0 Å². The van der Waals surface area contributed by atoms with Crippen molar-refractivity contribution in [1.82, 2.24) is 0 Å². The number of unbranched alkanes of at least 4 members (excludes halogenated alkanes) is 23. The van der Waals surface area contributed by atoms with Gasteiger partial charge in [-0.1, -0.05) is 173 Å². The predicted octanol–water partition coefficient (Wildman–Crippen LogP) is 11.1. The number of nitrogens with zero attached hydrogens (tertiary/aromatic N) is 1. The molecule has 8 nitrogen and oxygen atoms in total. The third kappa shape index (κ3) is 37.2. The minimum absolute atomic E-state index is 0.0388. The zero-order valence-electron chi connectivity index (χ0n) is 36.6. The number of aliphatic carboxylic acids is 1. The molecule has 0 aliphatic carbocycles. The average molecular weight is 778 g/mol. The molecule has 0 fully saturated rings. The van der Waals surface area contributed by atoms with Crippen molar-refractivity contribution in [3.8, 4) is 0 Å². The van der Waals surface area contributed by atoms with Crippen molar-refractivity contribution in [3.05, 3.63) is 24.3 Å². The summed E-state index contributed by atoms with van der Waals surface area (Å²) in [5.74, 6) is -1.74. The molecule has 0 amide bonds. The van der Waals surface area contributed by atoms with Crippen LogP contribution in [0.15, 0.2) is 24.3 Å². The monoisotopic (exact) mass is 778 g/mol. The molecule has 0 aliphatic heterocycles. The largest absolute Gasteiger partial charge is 0.544 e. The Kier molecular flexibility index (Phi) is 37.1. The quantitative estimate of drug-likeness (QED) is 0.0264. The Hall–Kier alpha value is -2.19. The number of carboxylic acid groups (broad SMARTS) is 1. The van der Waals surface area contributed by atoms with Gasteiger partial charge in [0.2, 0.25) is 0 Å². The van der Waals surface area contributed by atoms with Gasteiger partial charge in [0.05, 0.1) is 40.3 Å². The SMILES string of the molecule is CCCC/C=C\C/C=C\CCCCCCCC(=O)OC(COCCC(C(=O)[O-])[N+](C)(C)C)COC(=O)CCCCCCCCCCCCCCCCCCC. The van der Waals surface area contributed by atoms with Crippen LogP contribution in [0.3, 0.4) is 0 Å². The molecule has 0 aliphatic rings. The number of quaternary nitrogens is 1. The second kappa shape index (κ2) is 38.7. The molecule has 0 bridgehead atoms. The van der Waals surface area contributed by atoms with Gasteiger partial charge in [-0.15, -0.1) is 0 Å². The van der Waals surface area contributed by atoms with E-state index in [0.29, 0.717) is 12.8 Å². The standard InChI is InChI=1S/C47H87NO7/c1-6-8-10-12-14-16-18-20-22-23-24-26-27-29-31-33-35-37-45(49)54-42-43(41-53-40-39-44(47(51)52)48(3,4)5)55-46(50)38-36-34-32-30-28-25-21-19-17-15-13-11-9-7-2/h13,15,19,21,43-44H,6-12,14,16-18,20,22-42H2,1-5H3/b15-13-,21-19-. The number of carbonyl (C=O) groups excluding carboxylic acids is 3. The van der Waals surface area contributed by atoms with Gasteiger partial charge in [0.15, 0.2) is 6.10 Å². The van der Waals surface area contributed by atoms with Crippen molar-refractivity contribution in [3.63, 3.8) is 0 Å². The van der Waals surface area contributed by atoms with E-state index < -0.39 is 18.1 Å². The van der Waals surface area contributed by atoms with Crippen LogP contribution in [-0.4, -0.2) is 75.5 Å². The van der Waals surface area contributed by atoms with Gasteiger partial charge in [0.25, 0.3) is 0 Å². The molecule has 0 N–H and O–H groups in total. The Morgan fingerprint density at radius 2 is 0.982 bits per heavy atom. The lowest BCUT2D eigenvalue weighted by Gasteiger charge is -2.34. The summed E-state index contributed by atoms with van der Waals surface area (Å²) in [4.78, 5) is 36.9. The molecule has 2 atom stereocenters. The van der Waals surface area contributed by atoms with Crippen LogP contribution in [0.4, 0.5) is 0 Å². The van der Waals surface area contributed by atoms with Crippen molar-refractivity contribution in [2.24, 2.45) is 0 Å². The number of esters is 2. The maximum atomic E-state index is 12.7. The fourth-order valence-electron chi connectivity index (χ4n) is 6.73. The summed E-state index contributed by atoms with van der Waals surface area (Å²) in [6.45, 7) is 4.63. The average Bonchev–Trinajstić information content (AvgIpc) is 3.14. The molecular formula is C47H87NO7. The van der Waals surface area contributed by atoms with Gasteiger partial charge in [0, 0.05) is 19.3 Å². The molecule has 0 saturated heterocycles. The third-order valence-electron chi connectivity index (χ3n) is 10.3. The summed E-state index contributed by atoms with van der Waals surface area (Å²) in [5, 5.41) is 11.6. The topological polar surface area (TPSA) is 102 Å².